The number of benzene rings is 1. The first kappa shape index (κ1) is 15.5. The van der Waals surface area contributed by atoms with Crippen molar-refractivity contribution in [2.45, 2.75) is 19.3 Å². The van der Waals surface area contributed by atoms with Gasteiger partial charge in [0.15, 0.2) is 11.6 Å². The van der Waals surface area contributed by atoms with Gasteiger partial charge in [-0.3, -0.25) is 9.59 Å². The van der Waals surface area contributed by atoms with Crippen molar-refractivity contribution in [1.82, 2.24) is 0 Å². The predicted molar refractivity (Wildman–Crippen MR) is 85.8 cm³/mol. The zero-order chi connectivity index (χ0) is 17.9. The van der Waals surface area contributed by atoms with E-state index in [1.54, 1.807) is 18.2 Å². The Morgan fingerprint density at radius 3 is 2.60 bits per heavy atom. The minimum atomic E-state index is -0.979. The summed E-state index contributed by atoms with van der Waals surface area (Å²) in [5.74, 6) is -3.41. The Labute approximate surface area is 143 Å². The second-order valence-electron chi connectivity index (χ2n) is 6.82. The molecule has 1 aromatic rings. The predicted octanol–water partition coefficient (Wildman–Crippen LogP) is 2.50. The van der Waals surface area contributed by atoms with Gasteiger partial charge in [0.25, 0.3) is 0 Å². The Balaban J connectivity index is 1.86. The van der Waals surface area contributed by atoms with Crippen LogP contribution in [0.15, 0.2) is 40.9 Å². The molecule has 0 saturated heterocycles. The topological polar surface area (TPSA) is 119 Å². The van der Waals surface area contributed by atoms with Gasteiger partial charge in [0.05, 0.1) is 11.5 Å². The van der Waals surface area contributed by atoms with Gasteiger partial charge in [0, 0.05) is 12.0 Å². The SMILES string of the molecule is N#CC1=C(O)CC2CC3Cc4cccc(O)c4C(=O)C3=C(O)C2C1=O. The second-order valence-corrected chi connectivity index (χ2v) is 6.82. The van der Waals surface area contributed by atoms with Crippen LogP contribution in [0.5, 0.6) is 5.75 Å². The normalized spacial score (nSPS) is 28.2. The lowest BCUT2D eigenvalue weighted by atomic mass is 9.63. The molecule has 6 nitrogen and oxygen atoms in total. The van der Waals surface area contributed by atoms with Crippen LogP contribution in [0, 0.1) is 29.1 Å². The van der Waals surface area contributed by atoms with Crippen LogP contribution in [0.2, 0.25) is 0 Å². The van der Waals surface area contributed by atoms with E-state index in [2.05, 4.69) is 0 Å². The van der Waals surface area contributed by atoms with E-state index in [0.29, 0.717) is 18.4 Å². The summed E-state index contributed by atoms with van der Waals surface area (Å²) in [5, 5.41) is 39.7. The summed E-state index contributed by atoms with van der Waals surface area (Å²) in [6, 6.07) is 6.54. The first-order valence-corrected chi connectivity index (χ1v) is 8.09. The highest BCUT2D eigenvalue weighted by molar-refractivity contribution is 6.14. The number of nitriles is 1. The number of Topliss-reactive ketones (excluding diaryl/α,β-unsaturated/α-hetero) is 2. The summed E-state index contributed by atoms with van der Waals surface area (Å²) in [6.07, 6.45) is 1.06. The Morgan fingerprint density at radius 2 is 1.88 bits per heavy atom. The zero-order valence-corrected chi connectivity index (χ0v) is 13.2. The van der Waals surface area contributed by atoms with Crippen molar-refractivity contribution in [3.63, 3.8) is 0 Å². The van der Waals surface area contributed by atoms with E-state index in [4.69, 9.17) is 5.26 Å². The van der Waals surface area contributed by atoms with E-state index < -0.39 is 17.5 Å². The lowest BCUT2D eigenvalue weighted by Gasteiger charge is -2.40. The third-order valence-electron chi connectivity index (χ3n) is 5.49. The number of aliphatic hydroxyl groups is 2. The number of rotatable bonds is 0. The zero-order valence-electron chi connectivity index (χ0n) is 13.2. The van der Waals surface area contributed by atoms with Gasteiger partial charge in [-0.2, -0.15) is 5.26 Å². The fourth-order valence-electron chi connectivity index (χ4n) is 4.43. The van der Waals surface area contributed by atoms with Crippen molar-refractivity contribution in [2.24, 2.45) is 17.8 Å². The number of hydrogen-bond acceptors (Lipinski definition) is 6. The lowest BCUT2D eigenvalue weighted by molar-refractivity contribution is -0.121. The van der Waals surface area contributed by atoms with Crippen molar-refractivity contribution in [3.8, 4) is 11.8 Å². The summed E-state index contributed by atoms with van der Waals surface area (Å²) in [6.45, 7) is 0. The van der Waals surface area contributed by atoms with Crippen LogP contribution in [0.3, 0.4) is 0 Å². The molecule has 3 unspecified atom stereocenters. The number of nitrogens with zero attached hydrogens (tertiary/aromatic N) is 1. The molecule has 0 radical (unpaired) electrons. The maximum atomic E-state index is 12.9. The third-order valence-corrected chi connectivity index (χ3v) is 5.49. The molecule has 0 bridgehead atoms. The largest absolute Gasteiger partial charge is 0.511 e. The van der Waals surface area contributed by atoms with Crippen LogP contribution < -0.4 is 0 Å². The monoisotopic (exact) mass is 337 g/mol. The Morgan fingerprint density at radius 1 is 1.12 bits per heavy atom. The van der Waals surface area contributed by atoms with E-state index in [9.17, 15) is 24.9 Å². The number of carbonyl (C=O) groups is 2. The van der Waals surface area contributed by atoms with Gasteiger partial charge >= 0.3 is 0 Å². The molecule has 1 aromatic carbocycles. The summed E-state index contributed by atoms with van der Waals surface area (Å²) in [7, 11) is 0. The Hall–Kier alpha value is -3.07. The molecular weight excluding hydrogens is 322 g/mol. The highest BCUT2D eigenvalue weighted by Gasteiger charge is 2.49. The number of allylic oxidation sites excluding steroid dienone is 4. The van der Waals surface area contributed by atoms with Crippen LogP contribution in [0.25, 0.3) is 0 Å². The van der Waals surface area contributed by atoms with Crippen LogP contribution >= 0.6 is 0 Å². The third kappa shape index (κ3) is 2.02. The minimum absolute atomic E-state index is 0.133. The van der Waals surface area contributed by atoms with Crippen molar-refractivity contribution < 1.29 is 24.9 Å². The standard InChI is InChI=1S/C19H15NO5/c20-7-11-13(22)6-10-5-9-4-8-2-1-3-12(21)14(8)18(24)16(9)19(25)15(10)17(11)23/h1-3,9-10,15,21-22,25H,4-6H2. The second kappa shape index (κ2) is 5.21. The van der Waals surface area contributed by atoms with Crippen LogP contribution in [0.1, 0.15) is 28.8 Å². The molecule has 3 aliphatic carbocycles. The van der Waals surface area contributed by atoms with Gasteiger partial charge in [0.1, 0.15) is 28.9 Å². The van der Waals surface area contributed by atoms with Gasteiger partial charge in [-0.25, -0.2) is 0 Å². The molecule has 25 heavy (non-hydrogen) atoms. The Kier molecular flexibility index (Phi) is 3.22. The molecule has 0 spiro atoms. The van der Waals surface area contributed by atoms with Crippen molar-refractivity contribution in [1.29, 1.82) is 5.26 Å². The fourth-order valence-corrected chi connectivity index (χ4v) is 4.43. The smallest absolute Gasteiger partial charge is 0.196 e. The van der Waals surface area contributed by atoms with Crippen LogP contribution in [0.4, 0.5) is 0 Å². The molecule has 0 aliphatic heterocycles. The van der Waals surface area contributed by atoms with E-state index in [0.717, 1.165) is 0 Å². The molecule has 3 aliphatic rings. The number of carbonyl (C=O) groups excluding carboxylic acids is 2. The number of ketones is 2. The van der Waals surface area contributed by atoms with Crippen molar-refractivity contribution in [2.75, 3.05) is 0 Å². The van der Waals surface area contributed by atoms with Crippen LogP contribution in [-0.2, 0) is 11.2 Å². The van der Waals surface area contributed by atoms with Crippen LogP contribution in [-0.4, -0.2) is 26.9 Å². The Bertz CT molecular complexity index is 934. The molecule has 0 amide bonds. The molecule has 6 heteroatoms. The number of hydrogen-bond donors (Lipinski definition) is 3. The molecule has 0 fully saturated rings. The van der Waals surface area contributed by atoms with Gasteiger partial charge in [-0.15, -0.1) is 0 Å². The minimum Gasteiger partial charge on any atom is -0.511 e. The van der Waals surface area contributed by atoms with Gasteiger partial charge in [0.2, 0.25) is 0 Å². The number of phenols is 1. The van der Waals surface area contributed by atoms with E-state index in [-0.39, 0.29) is 52.2 Å². The number of fused-ring (bicyclic) bond motifs is 3. The number of aliphatic hydroxyl groups excluding tert-OH is 2. The summed E-state index contributed by atoms with van der Waals surface area (Å²) < 4.78 is 0. The molecular formula is C19H15NO5. The van der Waals surface area contributed by atoms with Gasteiger partial charge in [-0.1, -0.05) is 12.1 Å². The quantitative estimate of drug-likeness (QED) is 0.669. The van der Waals surface area contributed by atoms with E-state index in [1.807, 2.05) is 0 Å². The summed E-state index contributed by atoms with van der Waals surface area (Å²) >= 11 is 0. The molecule has 0 heterocycles. The van der Waals surface area contributed by atoms with E-state index in [1.165, 1.54) is 6.07 Å². The maximum absolute atomic E-state index is 12.9. The van der Waals surface area contributed by atoms with Gasteiger partial charge in [-0.05, 0) is 36.3 Å². The molecule has 4 rings (SSSR count). The lowest BCUT2D eigenvalue weighted by Crippen LogP contribution is -2.41. The fraction of sp³-hybridized carbons (Fsp3) is 0.316. The first-order chi connectivity index (χ1) is 11.9. The molecule has 0 aromatic heterocycles. The highest BCUT2D eigenvalue weighted by atomic mass is 16.3. The molecule has 0 saturated carbocycles. The average Bonchev–Trinajstić information content (AvgIpc) is 2.54. The van der Waals surface area contributed by atoms with E-state index >= 15 is 0 Å². The average molecular weight is 337 g/mol. The molecule has 3 N–H and O–H groups in total. The first-order valence-electron chi connectivity index (χ1n) is 8.09. The summed E-state index contributed by atoms with van der Waals surface area (Å²) in [5.41, 5.74) is 0.686. The summed E-state index contributed by atoms with van der Waals surface area (Å²) in [4.78, 5) is 25.4. The van der Waals surface area contributed by atoms with Crippen molar-refractivity contribution >= 4 is 11.6 Å². The number of aromatic hydroxyl groups is 1. The highest BCUT2D eigenvalue weighted by Crippen LogP contribution is 2.49. The molecule has 126 valence electrons. The maximum Gasteiger partial charge on any atom is 0.196 e. The van der Waals surface area contributed by atoms with Crippen molar-refractivity contribution in [3.05, 3.63) is 52.0 Å². The molecule has 3 atom stereocenters. The van der Waals surface area contributed by atoms with Gasteiger partial charge < -0.3 is 15.3 Å². The number of phenolic OH excluding ortho intramolecular Hbond substituents is 1.